The Hall–Kier alpha value is -0.460. The van der Waals surface area contributed by atoms with Crippen LogP contribution < -0.4 is 5.73 Å². The molecule has 5 heteroatoms. The van der Waals surface area contributed by atoms with Gasteiger partial charge in [0.25, 0.3) is 0 Å². The highest BCUT2D eigenvalue weighted by atomic mass is 32.1. The normalized spacial score (nSPS) is 24.9. The lowest BCUT2D eigenvalue weighted by Gasteiger charge is -2.41. The van der Waals surface area contributed by atoms with E-state index in [1.807, 2.05) is 11.3 Å². The first-order chi connectivity index (χ1) is 9.22. The average molecular weight is 282 g/mol. The third-order valence-electron chi connectivity index (χ3n) is 4.01. The molecule has 3 rings (SSSR count). The van der Waals surface area contributed by atoms with Gasteiger partial charge in [-0.1, -0.05) is 0 Å². The summed E-state index contributed by atoms with van der Waals surface area (Å²) in [5.74, 6) is -0.363. The minimum absolute atomic E-state index is 0.295. The summed E-state index contributed by atoms with van der Waals surface area (Å²) in [5.41, 5.74) is 6.02. The molecule has 2 fully saturated rings. The van der Waals surface area contributed by atoms with Crippen molar-refractivity contribution in [3.8, 4) is 0 Å². The zero-order valence-corrected chi connectivity index (χ0v) is 12.2. The van der Waals surface area contributed by atoms with E-state index >= 15 is 0 Å². The van der Waals surface area contributed by atoms with E-state index in [1.54, 1.807) is 0 Å². The summed E-state index contributed by atoms with van der Waals surface area (Å²) in [6, 6.07) is 4.67. The third kappa shape index (κ3) is 2.71. The van der Waals surface area contributed by atoms with Crippen LogP contribution in [-0.2, 0) is 9.47 Å². The number of nitrogens with zero attached hydrogens (tertiary/aromatic N) is 1. The maximum absolute atomic E-state index is 6.02. The molecule has 0 aromatic carbocycles. The van der Waals surface area contributed by atoms with Gasteiger partial charge in [-0.3, -0.25) is 4.90 Å². The van der Waals surface area contributed by atoms with Gasteiger partial charge in [0.15, 0.2) is 5.79 Å². The van der Waals surface area contributed by atoms with Gasteiger partial charge in [-0.25, -0.2) is 0 Å². The molecule has 0 bridgehead atoms. The first-order valence-electron chi connectivity index (χ1n) is 7.01. The number of hydrogen-bond donors (Lipinski definition) is 1. The molecular formula is C14H22N2O2S. The molecule has 3 heterocycles. The van der Waals surface area contributed by atoms with Crippen molar-refractivity contribution in [1.29, 1.82) is 0 Å². The Morgan fingerprint density at radius 2 is 2.21 bits per heavy atom. The van der Waals surface area contributed by atoms with E-state index in [0.29, 0.717) is 12.6 Å². The Labute approximate surface area is 118 Å². The fourth-order valence-corrected chi connectivity index (χ4v) is 4.12. The molecule has 19 heavy (non-hydrogen) atoms. The van der Waals surface area contributed by atoms with Crippen LogP contribution in [0.1, 0.15) is 28.6 Å². The van der Waals surface area contributed by atoms with E-state index in [0.717, 1.165) is 39.1 Å². The number of ether oxygens (including phenoxy) is 2. The summed E-state index contributed by atoms with van der Waals surface area (Å²) < 4.78 is 11.7. The van der Waals surface area contributed by atoms with Crippen LogP contribution >= 0.6 is 11.3 Å². The third-order valence-corrected chi connectivity index (χ3v) is 5.12. The van der Waals surface area contributed by atoms with Crippen molar-refractivity contribution in [3.63, 3.8) is 0 Å². The van der Waals surface area contributed by atoms with Gasteiger partial charge in [0, 0.05) is 22.7 Å². The van der Waals surface area contributed by atoms with Gasteiger partial charge < -0.3 is 15.2 Å². The molecular weight excluding hydrogens is 260 g/mol. The van der Waals surface area contributed by atoms with E-state index < -0.39 is 0 Å². The van der Waals surface area contributed by atoms with Crippen LogP contribution in [0.4, 0.5) is 0 Å². The molecule has 0 aliphatic carbocycles. The number of hydrogen-bond acceptors (Lipinski definition) is 5. The van der Waals surface area contributed by atoms with Crippen molar-refractivity contribution in [3.05, 3.63) is 21.9 Å². The standard InChI is InChI=1S/C14H22N2O2S/c1-11-3-4-13(19-11)12(9-15)16-6-2-5-14(10-16)17-7-8-18-14/h3-4,12H,2,5-10,15H2,1H3. The molecule has 106 valence electrons. The van der Waals surface area contributed by atoms with Gasteiger partial charge in [0.05, 0.1) is 25.8 Å². The second-order valence-corrected chi connectivity index (χ2v) is 6.70. The van der Waals surface area contributed by atoms with Gasteiger partial charge >= 0.3 is 0 Å². The van der Waals surface area contributed by atoms with Crippen molar-refractivity contribution in [2.45, 2.75) is 31.6 Å². The molecule has 0 radical (unpaired) electrons. The maximum Gasteiger partial charge on any atom is 0.181 e. The van der Waals surface area contributed by atoms with Crippen LogP contribution in [0, 0.1) is 6.92 Å². The molecule has 4 nitrogen and oxygen atoms in total. The predicted octanol–water partition coefficient (Wildman–Crippen LogP) is 1.90. The van der Waals surface area contributed by atoms with Crippen LogP contribution in [0.5, 0.6) is 0 Å². The summed E-state index contributed by atoms with van der Waals surface area (Å²) >= 11 is 1.84. The van der Waals surface area contributed by atoms with E-state index in [-0.39, 0.29) is 5.79 Å². The number of piperidine rings is 1. The maximum atomic E-state index is 6.02. The first-order valence-corrected chi connectivity index (χ1v) is 7.82. The lowest BCUT2D eigenvalue weighted by atomic mass is 10.0. The lowest BCUT2D eigenvalue weighted by molar-refractivity contribution is -0.193. The second kappa shape index (κ2) is 5.50. The van der Waals surface area contributed by atoms with Crippen LogP contribution in [-0.4, -0.2) is 43.5 Å². The largest absolute Gasteiger partial charge is 0.346 e. The summed E-state index contributed by atoms with van der Waals surface area (Å²) in [6.07, 6.45) is 2.12. The molecule has 0 amide bonds. The first kappa shape index (κ1) is 13.5. The fourth-order valence-electron chi connectivity index (χ4n) is 3.10. The summed E-state index contributed by atoms with van der Waals surface area (Å²) in [6.45, 7) is 6.15. The van der Waals surface area contributed by atoms with Crippen molar-refractivity contribution in [2.24, 2.45) is 5.73 Å². The summed E-state index contributed by atoms with van der Waals surface area (Å²) in [7, 11) is 0. The Morgan fingerprint density at radius 3 is 2.84 bits per heavy atom. The molecule has 1 unspecified atom stereocenters. The number of thiophene rings is 1. The molecule has 0 saturated carbocycles. The van der Waals surface area contributed by atoms with Crippen LogP contribution in [0.3, 0.4) is 0 Å². The molecule has 1 atom stereocenters. The topological polar surface area (TPSA) is 47.7 Å². The van der Waals surface area contributed by atoms with E-state index in [2.05, 4.69) is 24.0 Å². The Bertz CT molecular complexity index is 429. The highest BCUT2D eigenvalue weighted by Crippen LogP contribution is 2.35. The molecule has 1 spiro atoms. The van der Waals surface area contributed by atoms with Gasteiger partial charge in [0.1, 0.15) is 0 Å². The highest BCUT2D eigenvalue weighted by molar-refractivity contribution is 7.12. The molecule has 2 aliphatic heterocycles. The zero-order valence-electron chi connectivity index (χ0n) is 11.4. The minimum atomic E-state index is -0.363. The fraction of sp³-hybridized carbons (Fsp3) is 0.714. The van der Waals surface area contributed by atoms with Gasteiger partial charge in [-0.15, -0.1) is 11.3 Å². The average Bonchev–Trinajstić information content (AvgIpc) is 3.01. The minimum Gasteiger partial charge on any atom is -0.346 e. The van der Waals surface area contributed by atoms with Crippen LogP contribution in [0.25, 0.3) is 0 Å². The zero-order chi connectivity index (χ0) is 13.3. The van der Waals surface area contributed by atoms with Crippen molar-refractivity contribution in [1.82, 2.24) is 4.90 Å². The number of nitrogens with two attached hydrogens (primary N) is 1. The predicted molar refractivity (Wildman–Crippen MR) is 76.3 cm³/mol. The highest BCUT2D eigenvalue weighted by Gasteiger charge is 2.42. The monoisotopic (exact) mass is 282 g/mol. The molecule has 1 aromatic rings. The van der Waals surface area contributed by atoms with Crippen molar-refractivity contribution in [2.75, 3.05) is 32.8 Å². The van der Waals surface area contributed by atoms with Crippen molar-refractivity contribution < 1.29 is 9.47 Å². The summed E-state index contributed by atoms with van der Waals surface area (Å²) in [5, 5.41) is 0. The van der Waals surface area contributed by atoms with Crippen molar-refractivity contribution >= 4 is 11.3 Å². The van der Waals surface area contributed by atoms with Gasteiger partial charge in [-0.2, -0.15) is 0 Å². The Morgan fingerprint density at radius 1 is 1.42 bits per heavy atom. The Kier molecular flexibility index (Phi) is 3.91. The second-order valence-electron chi connectivity index (χ2n) is 5.38. The molecule has 2 N–H and O–H groups in total. The smallest absolute Gasteiger partial charge is 0.181 e. The summed E-state index contributed by atoms with van der Waals surface area (Å²) in [4.78, 5) is 5.13. The number of rotatable bonds is 3. The van der Waals surface area contributed by atoms with E-state index in [4.69, 9.17) is 15.2 Å². The quantitative estimate of drug-likeness (QED) is 0.920. The SMILES string of the molecule is Cc1ccc(C(CN)N2CCCC3(C2)OCCO3)s1. The van der Waals surface area contributed by atoms with Gasteiger partial charge in [0.2, 0.25) is 0 Å². The van der Waals surface area contributed by atoms with E-state index in [1.165, 1.54) is 9.75 Å². The van der Waals surface area contributed by atoms with Crippen LogP contribution in [0.15, 0.2) is 12.1 Å². The van der Waals surface area contributed by atoms with Gasteiger partial charge in [-0.05, 0) is 32.0 Å². The van der Waals surface area contributed by atoms with E-state index in [9.17, 15) is 0 Å². The molecule has 2 saturated heterocycles. The van der Waals surface area contributed by atoms with Crippen LogP contribution in [0.2, 0.25) is 0 Å². The lowest BCUT2D eigenvalue weighted by Crippen LogP contribution is -2.51. The number of likely N-dealkylation sites (tertiary alicyclic amines) is 1. The Balaban J connectivity index is 1.76. The number of aryl methyl sites for hydroxylation is 1. The molecule has 1 aromatic heterocycles. The molecule has 2 aliphatic rings.